The van der Waals surface area contributed by atoms with E-state index in [2.05, 4.69) is 67.6 Å². The second-order valence-corrected chi connectivity index (χ2v) is 8.02. The number of nitrogens with two attached hydrogens (primary N) is 1. The van der Waals surface area contributed by atoms with Gasteiger partial charge in [0.2, 0.25) is 0 Å². The van der Waals surface area contributed by atoms with Gasteiger partial charge in [-0.15, -0.1) is 0 Å². The second-order valence-electron chi connectivity index (χ2n) is 6.77. The topological polar surface area (TPSA) is 26.0 Å². The van der Waals surface area contributed by atoms with Crippen LogP contribution in [0.1, 0.15) is 45.6 Å². The van der Waals surface area contributed by atoms with Crippen molar-refractivity contribution in [3.8, 4) is 0 Å². The normalized spacial score (nSPS) is 31.7. The van der Waals surface area contributed by atoms with E-state index in [9.17, 15) is 0 Å². The third-order valence-corrected chi connectivity index (χ3v) is 5.41. The summed E-state index contributed by atoms with van der Waals surface area (Å²) in [4.78, 5) is 0. The van der Waals surface area contributed by atoms with Crippen molar-refractivity contribution in [1.29, 1.82) is 0 Å². The molecule has 2 N–H and O–H groups in total. The second kappa shape index (κ2) is 6.13. The van der Waals surface area contributed by atoms with Crippen molar-refractivity contribution < 1.29 is 0 Å². The lowest BCUT2D eigenvalue weighted by Crippen LogP contribution is -2.54. The van der Waals surface area contributed by atoms with Gasteiger partial charge < -0.3 is 5.73 Å². The predicted octanol–water partition coefficient (Wildman–Crippen LogP) is 4.62. The highest BCUT2D eigenvalue weighted by Gasteiger charge is 2.40. The van der Waals surface area contributed by atoms with Gasteiger partial charge in [-0.25, -0.2) is 0 Å². The Kier molecular flexibility index (Phi) is 4.93. The molecule has 0 spiro atoms. The Morgan fingerprint density at radius 2 is 1.89 bits per heavy atom. The standard InChI is InChI=1S/C17H26IN/c1-12(2)16-9-4-13(3)10-17(16,19)11-14-5-7-15(18)8-6-14/h5-8,12-13,16H,4,9-11,19H2,1-3H3. The maximum Gasteiger partial charge on any atom is 0.0228 e. The fraction of sp³-hybridized carbons (Fsp3) is 0.647. The molecule has 0 aliphatic heterocycles. The lowest BCUT2D eigenvalue weighted by Gasteiger charge is -2.46. The lowest BCUT2D eigenvalue weighted by atomic mass is 9.63. The summed E-state index contributed by atoms with van der Waals surface area (Å²) >= 11 is 2.36. The quantitative estimate of drug-likeness (QED) is 0.771. The molecule has 3 atom stereocenters. The van der Waals surface area contributed by atoms with E-state index in [0.29, 0.717) is 11.8 Å². The van der Waals surface area contributed by atoms with Gasteiger partial charge in [-0.1, -0.05) is 39.3 Å². The molecule has 0 radical (unpaired) electrons. The van der Waals surface area contributed by atoms with Gasteiger partial charge in [0.25, 0.3) is 0 Å². The average Bonchev–Trinajstić information content (AvgIpc) is 2.31. The van der Waals surface area contributed by atoms with E-state index in [0.717, 1.165) is 12.3 Å². The Morgan fingerprint density at radius 1 is 1.26 bits per heavy atom. The molecule has 1 saturated carbocycles. The molecule has 1 fully saturated rings. The molecule has 2 heteroatoms. The molecule has 19 heavy (non-hydrogen) atoms. The number of hydrogen-bond acceptors (Lipinski definition) is 1. The van der Waals surface area contributed by atoms with E-state index in [4.69, 9.17) is 5.73 Å². The minimum Gasteiger partial charge on any atom is -0.325 e. The van der Waals surface area contributed by atoms with Crippen LogP contribution in [0.3, 0.4) is 0 Å². The molecule has 1 aromatic carbocycles. The summed E-state index contributed by atoms with van der Waals surface area (Å²) in [6, 6.07) is 8.87. The van der Waals surface area contributed by atoms with Crippen LogP contribution < -0.4 is 5.73 Å². The van der Waals surface area contributed by atoms with Gasteiger partial charge in [0, 0.05) is 9.11 Å². The summed E-state index contributed by atoms with van der Waals surface area (Å²) in [5, 5.41) is 0. The van der Waals surface area contributed by atoms with Crippen molar-refractivity contribution in [2.24, 2.45) is 23.5 Å². The summed E-state index contributed by atoms with van der Waals surface area (Å²) in [6.07, 6.45) is 4.83. The van der Waals surface area contributed by atoms with Gasteiger partial charge in [-0.3, -0.25) is 0 Å². The maximum atomic E-state index is 6.86. The van der Waals surface area contributed by atoms with Gasteiger partial charge in [0.05, 0.1) is 0 Å². The third kappa shape index (κ3) is 3.72. The molecular formula is C17H26IN. The van der Waals surface area contributed by atoms with Crippen LogP contribution in [0, 0.1) is 21.3 Å². The smallest absolute Gasteiger partial charge is 0.0228 e. The highest BCUT2D eigenvalue weighted by Crippen LogP contribution is 2.41. The predicted molar refractivity (Wildman–Crippen MR) is 91.1 cm³/mol. The minimum absolute atomic E-state index is 0.0153. The van der Waals surface area contributed by atoms with E-state index in [1.54, 1.807) is 0 Å². The highest BCUT2D eigenvalue weighted by molar-refractivity contribution is 14.1. The van der Waals surface area contributed by atoms with E-state index in [-0.39, 0.29) is 5.54 Å². The molecule has 1 aromatic rings. The van der Waals surface area contributed by atoms with E-state index >= 15 is 0 Å². The van der Waals surface area contributed by atoms with Crippen molar-refractivity contribution in [1.82, 2.24) is 0 Å². The first-order valence-corrected chi connectivity index (χ1v) is 8.52. The van der Waals surface area contributed by atoms with Crippen LogP contribution in [0.2, 0.25) is 0 Å². The SMILES string of the molecule is CC1CCC(C(C)C)C(N)(Cc2ccc(I)cc2)C1. The van der Waals surface area contributed by atoms with Crippen LogP contribution in [0.4, 0.5) is 0 Å². The fourth-order valence-corrected chi connectivity index (χ4v) is 4.20. The molecule has 106 valence electrons. The number of hydrogen-bond donors (Lipinski definition) is 1. The molecule has 0 heterocycles. The lowest BCUT2D eigenvalue weighted by molar-refractivity contribution is 0.109. The van der Waals surface area contributed by atoms with Crippen molar-refractivity contribution in [2.75, 3.05) is 0 Å². The number of halogens is 1. The van der Waals surface area contributed by atoms with Crippen molar-refractivity contribution >= 4 is 22.6 Å². The summed E-state index contributed by atoms with van der Waals surface area (Å²) < 4.78 is 1.30. The molecule has 0 saturated heterocycles. The van der Waals surface area contributed by atoms with Crippen LogP contribution >= 0.6 is 22.6 Å². The van der Waals surface area contributed by atoms with Gasteiger partial charge in [-0.05, 0) is 77.3 Å². The highest BCUT2D eigenvalue weighted by atomic mass is 127. The van der Waals surface area contributed by atoms with Crippen LogP contribution in [0.15, 0.2) is 24.3 Å². The van der Waals surface area contributed by atoms with Gasteiger partial charge in [0.1, 0.15) is 0 Å². The Labute approximate surface area is 131 Å². The average molecular weight is 371 g/mol. The zero-order valence-electron chi connectivity index (χ0n) is 12.3. The van der Waals surface area contributed by atoms with Gasteiger partial charge in [-0.2, -0.15) is 0 Å². The first-order chi connectivity index (χ1) is 8.90. The zero-order valence-corrected chi connectivity index (χ0v) is 14.5. The van der Waals surface area contributed by atoms with Gasteiger partial charge >= 0.3 is 0 Å². The Hall–Kier alpha value is -0.0900. The summed E-state index contributed by atoms with van der Waals surface area (Å²) in [5.74, 6) is 2.10. The van der Waals surface area contributed by atoms with Crippen LogP contribution in [-0.4, -0.2) is 5.54 Å². The zero-order chi connectivity index (χ0) is 14.0. The van der Waals surface area contributed by atoms with Crippen molar-refractivity contribution in [2.45, 2.75) is 52.0 Å². The summed E-state index contributed by atoms with van der Waals surface area (Å²) in [6.45, 7) is 7.01. The van der Waals surface area contributed by atoms with E-state index < -0.39 is 0 Å². The van der Waals surface area contributed by atoms with Crippen LogP contribution in [0.5, 0.6) is 0 Å². The van der Waals surface area contributed by atoms with Crippen LogP contribution in [0.25, 0.3) is 0 Å². The molecule has 1 nitrogen and oxygen atoms in total. The summed E-state index contributed by atoms with van der Waals surface area (Å²) in [5.41, 5.74) is 8.24. The Balaban J connectivity index is 2.19. The largest absolute Gasteiger partial charge is 0.325 e. The molecule has 3 unspecified atom stereocenters. The van der Waals surface area contributed by atoms with Gasteiger partial charge in [0.15, 0.2) is 0 Å². The molecule has 2 rings (SSSR count). The molecule has 0 amide bonds. The fourth-order valence-electron chi connectivity index (χ4n) is 3.84. The third-order valence-electron chi connectivity index (χ3n) is 4.69. The van der Waals surface area contributed by atoms with E-state index in [1.165, 1.54) is 28.4 Å². The number of benzene rings is 1. The van der Waals surface area contributed by atoms with E-state index in [1.807, 2.05) is 0 Å². The summed E-state index contributed by atoms with van der Waals surface area (Å²) in [7, 11) is 0. The first kappa shape index (κ1) is 15.3. The monoisotopic (exact) mass is 371 g/mol. The molecule has 0 aromatic heterocycles. The molecular weight excluding hydrogens is 345 g/mol. The van der Waals surface area contributed by atoms with Crippen LogP contribution in [-0.2, 0) is 6.42 Å². The first-order valence-electron chi connectivity index (χ1n) is 7.44. The van der Waals surface area contributed by atoms with Crippen molar-refractivity contribution in [3.63, 3.8) is 0 Å². The molecule has 1 aliphatic rings. The molecule has 0 bridgehead atoms. The van der Waals surface area contributed by atoms with Crippen molar-refractivity contribution in [3.05, 3.63) is 33.4 Å². The molecule has 1 aliphatic carbocycles. The number of rotatable bonds is 3. The Bertz CT molecular complexity index is 412. The Morgan fingerprint density at radius 3 is 2.47 bits per heavy atom. The maximum absolute atomic E-state index is 6.86. The minimum atomic E-state index is -0.0153.